The van der Waals surface area contributed by atoms with E-state index in [0.717, 1.165) is 17.8 Å². The van der Waals surface area contributed by atoms with E-state index >= 15 is 0 Å². The Morgan fingerprint density at radius 2 is 1.59 bits per heavy atom. The molecule has 3 rings (SSSR count). The number of anilines is 1. The van der Waals surface area contributed by atoms with Crippen molar-refractivity contribution in [1.29, 1.82) is 0 Å². The zero-order valence-electron chi connectivity index (χ0n) is 19.0. The van der Waals surface area contributed by atoms with Crippen LogP contribution in [0.25, 0.3) is 0 Å². The van der Waals surface area contributed by atoms with Gasteiger partial charge in [-0.1, -0.05) is 79.1 Å². The van der Waals surface area contributed by atoms with Crippen LogP contribution in [0.3, 0.4) is 0 Å². The zero-order valence-corrected chi connectivity index (χ0v) is 19.0. The second-order valence-corrected chi connectivity index (χ2v) is 7.57. The molecule has 0 atom stereocenters. The maximum Gasteiger partial charge on any atom is 0.0659 e. The molecule has 1 heterocycles. The van der Waals surface area contributed by atoms with Gasteiger partial charge in [0.05, 0.1) is 17.6 Å². The van der Waals surface area contributed by atoms with Crippen LogP contribution in [0.1, 0.15) is 51.3 Å². The molecule has 2 aromatic carbocycles. The summed E-state index contributed by atoms with van der Waals surface area (Å²) < 4.78 is 0. The molecule has 0 unspecified atom stereocenters. The summed E-state index contributed by atoms with van der Waals surface area (Å²) in [6.45, 7) is 19.1. The Balaban J connectivity index is 0.00000145. The topological polar surface area (TPSA) is 15.6 Å². The van der Waals surface area contributed by atoms with E-state index in [9.17, 15) is 0 Å². The Bertz CT molecular complexity index is 952. The Labute approximate surface area is 177 Å². The van der Waals surface area contributed by atoms with Crippen molar-refractivity contribution < 1.29 is 0 Å². The molecule has 0 saturated carbocycles. The van der Waals surface area contributed by atoms with Crippen LogP contribution in [0.15, 0.2) is 88.2 Å². The molecule has 0 radical (unpaired) electrons. The molecule has 0 aliphatic carbocycles. The van der Waals surface area contributed by atoms with Gasteiger partial charge >= 0.3 is 0 Å². The SMILES string of the molecule is C=C1/C(=C(\C)Cc2cccc(C)c2)C(=C(C)C)C=NN1c1ccc(C)cc1.CC. The van der Waals surface area contributed by atoms with E-state index in [0.29, 0.717) is 0 Å². The summed E-state index contributed by atoms with van der Waals surface area (Å²) >= 11 is 0. The molecule has 2 aromatic rings. The van der Waals surface area contributed by atoms with E-state index in [2.05, 4.69) is 94.8 Å². The summed E-state index contributed by atoms with van der Waals surface area (Å²) in [4.78, 5) is 0. The maximum absolute atomic E-state index is 4.68. The lowest BCUT2D eigenvalue weighted by Gasteiger charge is -2.30. The second-order valence-electron chi connectivity index (χ2n) is 7.57. The van der Waals surface area contributed by atoms with Gasteiger partial charge in [0.1, 0.15) is 0 Å². The van der Waals surface area contributed by atoms with Crippen molar-refractivity contribution >= 4 is 11.9 Å². The van der Waals surface area contributed by atoms with Crippen LogP contribution in [0.2, 0.25) is 0 Å². The monoisotopic (exact) mass is 386 g/mol. The fourth-order valence-electron chi connectivity index (χ4n) is 3.49. The first-order chi connectivity index (χ1) is 13.9. The first kappa shape index (κ1) is 22.4. The molecular weight excluding hydrogens is 352 g/mol. The van der Waals surface area contributed by atoms with Gasteiger partial charge in [-0.15, -0.1) is 0 Å². The first-order valence-corrected chi connectivity index (χ1v) is 10.4. The summed E-state index contributed by atoms with van der Waals surface area (Å²) in [6, 6.07) is 17.1. The molecule has 2 nitrogen and oxygen atoms in total. The molecule has 0 spiro atoms. The van der Waals surface area contributed by atoms with Crippen molar-refractivity contribution in [3.63, 3.8) is 0 Å². The summed E-state index contributed by atoms with van der Waals surface area (Å²) in [6.07, 6.45) is 2.88. The van der Waals surface area contributed by atoms with Gasteiger partial charge in [0, 0.05) is 11.1 Å². The Morgan fingerprint density at radius 1 is 0.931 bits per heavy atom. The van der Waals surface area contributed by atoms with Crippen LogP contribution < -0.4 is 5.01 Å². The number of hydrogen-bond donors (Lipinski definition) is 0. The van der Waals surface area contributed by atoms with Crippen LogP contribution >= 0.6 is 0 Å². The predicted octanol–water partition coefficient (Wildman–Crippen LogP) is 7.54. The molecule has 0 amide bonds. The van der Waals surface area contributed by atoms with E-state index in [-0.39, 0.29) is 0 Å². The largest absolute Gasteiger partial charge is 0.234 e. The lowest BCUT2D eigenvalue weighted by molar-refractivity contribution is 0.973. The lowest BCUT2D eigenvalue weighted by atomic mass is 9.90. The lowest BCUT2D eigenvalue weighted by Crippen LogP contribution is -2.24. The van der Waals surface area contributed by atoms with E-state index in [4.69, 9.17) is 0 Å². The Hall–Kier alpha value is -2.87. The number of benzene rings is 2. The molecule has 2 heteroatoms. The van der Waals surface area contributed by atoms with E-state index in [1.54, 1.807) is 0 Å². The van der Waals surface area contributed by atoms with Crippen LogP contribution in [0.4, 0.5) is 5.69 Å². The molecule has 0 aromatic heterocycles. The summed E-state index contributed by atoms with van der Waals surface area (Å²) in [5.74, 6) is 0. The number of rotatable bonds is 3. The summed E-state index contributed by atoms with van der Waals surface area (Å²) in [5.41, 5.74) is 10.8. The van der Waals surface area contributed by atoms with Crippen LogP contribution in [-0.2, 0) is 6.42 Å². The number of hydrogen-bond acceptors (Lipinski definition) is 2. The van der Waals surface area contributed by atoms with Crippen molar-refractivity contribution in [2.45, 2.75) is 54.9 Å². The summed E-state index contributed by atoms with van der Waals surface area (Å²) in [5, 5.41) is 6.63. The molecule has 0 saturated heterocycles. The predicted molar refractivity (Wildman–Crippen MR) is 129 cm³/mol. The quantitative estimate of drug-likeness (QED) is 0.532. The standard InChI is InChI=1S/C25H28N2.C2H6/c1-17(2)24-16-26-27(23-12-10-18(3)11-13-23)21(6)25(24)20(5)15-22-9-7-8-19(4)14-22;1-2/h7-14,16H,6,15H2,1-5H3;1-2H3/b25-20-;. The minimum atomic E-state index is 0.905. The van der Waals surface area contributed by atoms with Gasteiger partial charge in [0.2, 0.25) is 0 Å². The van der Waals surface area contributed by atoms with Crippen LogP contribution in [0.5, 0.6) is 0 Å². The van der Waals surface area contributed by atoms with Gasteiger partial charge in [-0.05, 0) is 58.7 Å². The van der Waals surface area contributed by atoms with Gasteiger partial charge in [-0.25, -0.2) is 5.01 Å². The van der Waals surface area contributed by atoms with Gasteiger partial charge in [0.15, 0.2) is 0 Å². The molecule has 1 aliphatic heterocycles. The number of allylic oxidation sites excluding steroid dienone is 3. The first-order valence-electron chi connectivity index (χ1n) is 10.4. The highest BCUT2D eigenvalue weighted by atomic mass is 15.5. The van der Waals surface area contributed by atoms with E-state index in [1.807, 2.05) is 25.1 Å². The molecule has 1 aliphatic rings. The van der Waals surface area contributed by atoms with Crippen molar-refractivity contribution in [3.05, 3.63) is 99.8 Å². The fourth-order valence-corrected chi connectivity index (χ4v) is 3.49. The third-order valence-corrected chi connectivity index (χ3v) is 4.91. The average Bonchev–Trinajstić information content (AvgIpc) is 2.70. The van der Waals surface area contributed by atoms with Crippen LogP contribution in [0, 0.1) is 13.8 Å². The van der Waals surface area contributed by atoms with Gasteiger partial charge in [-0.3, -0.25) is 0 Å². The molecule has 0 N–H and O–H groups in total. The highest BCUT2D eigenvalue weighted by Crippen LogP contribution is 2.34. The Kier molecular flexibility index (Phi) is 7.78. The van der Waals surface area contributed by atoms with Crippen LogP contribution in [-0.4, -0.2) is 6.21 Å². The second kappa shape index (κ2) is 10.1. The third kappa shape index (κ3) is 5.35. The number of aryl methyl sites for hydroxylation is 2. The Morgan fingerprint density at radius 3 is 2.17 bits per heavy atom. The molecule has 29 heavy (non-hydrogen) atoms. The van der Waals surface area contributed by atoms with Gasteiger partial charge in [0.25, 0.3) is 0 Å². The van der Waals surface area contributed by atoms with Crippen molar-refractivity contribution in [2.75, 3.05) is 5.01 Å². The normalized spacial score (nSPS) is 15.1. The van der Waals surface area contributed by atoms with Crippen molar-refractivity contribution in [1.82, 2.24) is 0 Å². The number of hydrazone groups is 1. The minimum absolute atomic E-state index is 0.905. The fraction of sp³-hybridized carbons (Fsp3) is 0.296. The molecular formula is C27H34N2. The highest BCUT2D eigenvalue weighted by molar-refractivity contribution is 5.92. The summed E-state index contributed by atoms with van der Waals surface area (Å²) in [7, 11) is 0. The van der Waals surface area contributed by atoms with E-state index < -0.39 is 0 Å². The molecule has 0 fully saturated rings. The van der Waals surface area contributed by atoms with Gasteiger partial charge in [-0.2, -0.15) is 5.10 Å². The van der Waals surface area contributed by atoms with Crippen molar-refractivity contribution in [2.24, 2.45) is 5.10 Å². The van der Waals surface area contributed by atoms with Crippen molar-refractivity contribution in [3.8, 4) is 0 Å². The maximum atomic E-state index is 4.68. The van der Waals surface area contributed by atoms with E-state index in [1.165, 1.54) is 39.0 Å². The molecule has 152 valence electrons. The molecule has 0 bridgehead atoms. The zero-order chi connectivity index (χ0) is 21.6. The average molecular weight is 387 g/mol. The minimum Gasteiger partial charge on any atom is -0.234 e. The number of nitrogens with zero attached hydrogens (tertiary/aromatic N) is 2. The highest BCUT2D eigenvalue weighted by Gasteiger charge is 2.23. The smallest absolute Gasteiger partial charge is 0.0659 e. The third-order valence-electron chi connectivity index (χ3n) is 4.91. The van der Waals surface area contributed by atoms with Gasteiger partial charge < -0.3 is 0 Å².